The smallest absolute Gasteiger partial charge is 0.251 e. The number of methoxy groups -OCH3 is 1. The van der Waals surface area contributed by atoms with Crippen LogP contribution >= 0.6 is 0 Å². The molecule has 1 heterocycles. The van der Waals surface area contributed by atoms with Gasteiger partial charge in [-0.15, -0.1) is 0 Å². The highest BCUT2D eigenvalue weighted by Gasteiger charge is 2.05. The van der Waals surface area contributed by atoms with Crippen LogP contribution in [-0.4, -0.2) is 29.1 Å². The van der Waals surface area contributed by atoms with Crippen LogP contribution in [0.4, 0.5) is 0 Å². The van der Waals surface area contributed by atoms with E-state index in [1.54, 1.807) is 25.4 Å². The van der Waals surface area contributed by atoms with Crippen LogP contribution < -0.4 is 10.1 Å². The van der Waals surface area contributed by atoms with Gasteiger partial charge in [-0.25, -0.2) is 4.98 Å². The second-order valence-corrected chi connectivity index (χ2v) is 4.85. The molecule has 1 aromatic heterocycles. The first-order valence-electron chi connectivity index (χ1n) is 7.17. The van der Waals surface area contributed by atoms with Crippen molar-refractivity contribution < 1.29 is 9.53 Å². The summed E-state index contributed by atoms with van der Waals surface area (Å²) in [7, 11) is 1.59. The summed E-state index contributed by atoms with van der Waals surface area (Å²) in [5.41, 5.74) is 0.632. The van der Waals surface area contributed by atoms with Gasteiger partial charge >= 0.3 is 0 Å². The molecule has 21 heavy (non-hydrogen) atoms. The van der Waals surface area contributed by atoms with Gasteiger partial charge in [0.15, 0.2) is 0 Å². The van der Waals surface area contributed by atoms with Gasteiger partial charge in [-0.2, -0.15) is 0 Å². The Bertz CT molecular complexity index is 552. The van der Waals surface area contributed by atoms with Crippen LogP contribution in [-0.2, 0) is 6.54 Å². The number of ether oxygens (including phenoxy) is 1. The minimum atomic E-state index is -0.0523. The molecule has 0 atom stereocenters. The normalized spacial score (nSPS) is 10.3. The van der Waals surface area contributed by atoms with Gasteiger partial charge < -0.3 is 14.6 Å². The van der Waals surface area contributed by atoms with E-state index in [1.807, 2.05) is 24.7 Å². The predicted octanol–water partition coefficient (Wildman–Crippen LogP) is 2.49. The molecule has 0 saturated heterocycles. The van der Waals surface area contributed by atoms with Crippen molar-refractivity contribution in [2.24, 2.45) is 0 Å². The van der Waals surface area contributed by atoms with Crippen LogP contribution in [0.2, 0.25) is 0 Å². The topological polar surface area (TPSA) is 56.1 Å². The summed E-state index contributed by atoms with van der Waals surface area (Å²) in [5, 5.41) is 2.93. The minimum absolute atomic E-state index is 0.0523. The molecule has 0 aliphatic carbocycles. The fraction of sp³-hybridized carbons (Fsp3) is 0.375. The number of unbranched alkanes of at least 4 members (excludes halogenated alkanes) is 2. The van der Waals surface area contributed by atoms with E-state index < -0.39 is 0 Å². The third-order valence-corrected chi connectivity index (χ3v) is 3.27. The van der Waals surface area contributed by atoms with Crippen molar-refractivity contribution in [1.29, 1.82) is 0 Å². The Kier molecular flexibility index (Phi) is 5.82. The molecular formula is C16H21N3O2. The lowest BCUT2D eigenvalue weighted by molar-refractivity contribution is 0.0952. The maximum atomic E-state index is 12.0. The molecule has 0 aliphatic rings. The minimum Gasteiger partial charge on any atom is -0.497 e. The standard InChI is InChI=1S/C16H21N3O2/c1-21-15-7-5-6-14(12-15)16(20)18-8-3-2-4-10-19-11-9-17-13-19/h5-7,9,11-13H,2-4,8,10H2,1H3,(H,18,20). The van der Waals surface area contributed by atoms with E-state index in [0.29, 0.717) is 17.9 Å². The van der Waals surface area contributed by atoms with Crippen molar-refractivity contribution in [3.63, 3.8) is 0 Å². The number of hydrogen-bond acceptors (Lipinski definition) is 3. The molecule has 0 radical (unpaired) electrons. The SMILES string of the molecule is COc1cccc(C(=O)NCCCCCn2ccnc2)c1. The summed E-state index contributed by atoms with van der Waals surface area (Å²) < 4.78 is 7.17. The predicted molar refractivity (Wildman–Crippen MR) is 81.4 cm³/mol. The van der Waals surface area contributed by atoms with Gasteiger partial charge in [0.05, 0.1) is 13.4 Å². The van der Waals surface area contributed by atoms with Crippen molar-refractivity contribution >= 4 is 5.91 Å². The second-order valence-electron chi connectivity index (χ2n) is 4.85. The lowest BCUT2D eigenvalue weighted by Crippen LogP contribution is -2.24. The Morgan fingerprint density at radius 3 is 3.00 bits per heavy atom. The third kappa shape index (κ3) is 4.95. The van der Waals surface area contributed by atoms with Gasteiger partial charge in [0.2, 0.25) is 0 Å². The monoisotopic (exact) mass is 287 g/mol. The average molecular weight is 287 g/mol. The molecule has 5 heteroatoms. The zero-order chi connectivity index (χ0) is 14.9. The van der Waals surface area contributed by atoms with Crippen LogP contribution in [0.3, 0.4) is 0 Å². The van der Waals surface area contributed by atoms with E-state index in [0.717, 1.165) is 25.8 Å². The van der Waals surface area contributed by atoms with Crippen LogP contribution in [0.5, 0.6) is 5.75 Å². The number of carbonyl (C=O) groups excluding carboxylic acids is 1. The van der Waals surface area contributed by atoms with Gasteiger partial charge in [0.25, 0.3) is 5.91 Å². The molecule has 0 unspecified atom stereocenters. The van der Waals surface area contributed by atoms with Crippen LogP contribution in [0.15, 0.2) is 43.0 Å². The molecule has 2 aromatic rings. The van der Waals surface area contributed by atoms with Gasteiger partial charge in [-0.1, -0.05) is 6.07 Å². The van der Waals surface area contributed by atoms with Crippen LogP contribution in [0.25, 0.3) is 0 Å². The molecule has 0 aliphatic heterocycles. The zero-order valence-electron chi connectivity index (χ0n) is 12.3. The van der Waals surface area contributed by atoms with E-state index in [2.05, 4.69) is 14.9 Å². The summed E-state index contributed by atoms with van der Waals surface area (Å²) in [6.45, 7) is 1.67. The van der Waals surface area contributed by atoms with Crippen molar-refractivity contribution in [2.75, 3.05) is 13.7 Å². The number of amides is 1. The maximum absolute atomic E-state index is 12.0. The fourth-order valence-electron chi connectivity index (χ4n) is 2.08. The Labute approximate surface area is 125 Å². The summed E-state index contributed by atoms with van der Waals surface area (Å²) in [6, 6.07) is 7.18. The first kappa shape index (κ1) is 15.1. The number of aryl methyl sites for hydroxylation is 1. The molecule has 1 aromatic carbocycles. The average Bonchev–Trinajstić information content (AvgIpc) is 3.04. The number of benzene rings is 1. The summed E-state index contributed by atoms with van der Waals surface area (Å²) in [5.74, 6) is 0.645. The van der Waals surface area contributed by atoms with Crippen molar-refractivity contribution in [1.82, 2.24) is 14.9 Å². The summed E-state index contributed by atoms with van der Waals surface area (Å²) in [4.78, 5) is 16.0. The molecule has 0 bridgehead atoms. The number of aromatic nitrogens is 2. The highest BCUT2D eigenvalue weighted by atomic mass is 16.5. The first-order valence-corrected chi connectivity index (χ1v) is 7.17. The lowest BCUT2D eigenvalue weighted by atomic mass is 10.2. The van der Waals surface area contributed by atoms with Crippen LogP contribution in [0.1, 0.15) is 29.6 Å². The Morgan fingerprint density at radius 1 is 1.33 bits per heavy atom. The molecule has 0 saturated carbocycles. The molecule has 0 spiro atoms. The number of rotatable bonds is 8. The van der Waals surface area contributed by atoms with Crippen molar-refractivity contribution in [2.45, 2.75) is 25.8 Å². The van der Waals surface area contributed by atoms with Gasteiger partial charge in [-0.05, 0) is 37.5 Å². The summed E-state index contributed by atoms with van der Waals surface area (Å²) >= 11 is 0. The molecular weight excluding hydrogens is 266 g/mol. The van der Waals surface area contributed by atoms with Crippen LogP contribution in [0, 0.1) is 0 Å². The fourth-order valence-corrected chi connectivity index (χ4v) is 2.08. The van der Waals surface area contributed by atoms with Crippen molar-refractivity contribution in [3.8, 4) is 5.75 Å². The Balaban J connectivity index is 1.62. The number of carbonyl (C=O) groups is 1. The Morgan fingerprint density at radius 2 is 2.24 bits per heavy atom. The zero-order valence-corrected chi connectivity index (χ0v) is 12.3. The van der Waals surface area contributed by atoms with E-state index in [4.69, 9.17) is 4.74 Å². The van der Waals surface area contributed by atoms with Crippen molar-refractivity contribution in [3.05, 3.63) is 48.5 Å². The maximum Gasteiger partial charge on any atom is 0.251 e. The lowest BCUT2D eigenvalue weighted by Gasteiger charge is -2.07. The Hall–Kier alpha value is -2.30. The largest absolute Gasteiger partial charge is 0.497 e. The summed E-state index contributed by atoms with van der Waals surface area (Å²) in [6.07, 6.45) is 8.72. The number of nitrogens with zero attached hydrogens (tertiary/aromatic N) is 2. The first-order chi connectivity index (χ1) is 10.3. The molecule has 0 fully saturated rings. The van der Waals surface area contributed by atoms with E-state index >= 15 is 0 Å². The van der Waals surface area contributed by atoms with E-state index in [1.165, 1.54) is 0 Å². The van der Waals surface area contributed by atoms with Gasteiger partial charge in [0, 0.05) is 31.0 Å². The third-order valence-electron chi connectivity index (χ3n) is 3.27. The highest BCUT2D eigenvalue weighted by Crippen LogP contribution is 2.12. The molecule has 1 amide bonds. The number of imidazole rings is 1. The molecule has 1 N–H and O–H groups in total. The molecule has 112 valence electrons. The van der Waals surface area contributed by atoms with Gasteiger partial charge in [-0.3, -0.25) is 4.79 Å². The quantitative estimate of drug-likeness (QED) is 0.759. The van der Waals surface area contributed by atoms with Gasteiger partial charge in [0.1, 0.15) is 5.75 Å². The molecule has 2 rings (SSSR count). The van der Waals surface area contributed by atoms with E-state index in [9.17, 15) is 4.79 Å². The number of hydrogen-bond donors (Lipinski definition) is 1. The highest BCUT2D eigenvalue weighted by molar-refractivity contribution is 5.94. The second kappa shape index (κ2) is 8.09. The molecule has 5 nitrogen and oxygen atoms in total. The number of nitrogens with one attached hydrogen (secondary N) is 1. The van der Waals surface area contributed by atoms with E-state index in [-0.39, 0.29) is 5.91 Å².